The minimum absolute atomic E-state index is 0.893. The van der Waals surface area contributed by atoms with Gasteiger partial charge in [-0.3, -0.25) is 0 Å². The molecule has 0 radical (unpaired) electrons. The molecule has 9 aromatic rings. The van der Waals surface area contributed by atoms with Gasteiger partial charge < -0.3 is 19.4 Å². The maximum Gasteiger partial charge on any atom is 0.0975 e. The summed E-state index contributed by atoms with van der Waals surface area (Å²) in [6.07, 6.45) is 8.53. The molecule has 2 heterocycles. The van der Waals surface area contributed by atoms with Crippen LogP contribution in [0.5, 0.6) is 0 Å². The third-order valence-electron chi connectivity index (χ3n) is 11.4. The topological polar surface area (TPSA) is 25.1 Å². The highest BCUT2D eigenvalue weighted by Crippen LogP contribution is 2.37. The Morgan fingerprint density at radius 2 is 1.03 bits per heavy atom. The van der Waals surface area contributed by atoms with Gasteiger partial charge in [0.25, 0.3) is 0 Å². The number of fused-ring (bicyclic) bond motifs is 6. The Morgan fingerprint density at radius 1 is 0.542 bits per heavy atom. The predicted octanol–water partition coefficient (Wildman–Crippen LogP) is 14.5. The molecule has 1 N–H and O–H groups in total. The maximum atomic E-state index is 3.71. The minimum atomic E-state index is 0.893. The Kier molecular flexibility index (Phi) is 9.05. The SMILES string of the molecule is C/C=C\C(Nc1ccc(N(C2=C=C=C(n3c4ccccc4c4ccccc43)C=C2)c2ccc(-n3c4ccccc4c4ccccc43)cc2)cc1)=C(/C)c1ccccc1C. The number of rotatable bonds is 9. The molecule has 0 saturated carbocycles. The molecular formula is C55H42N4. The van der Waals surface area contributed by atoms with E-state index in [0.717, 1.165) is 50.9 Å². The first-order valence-electron chi connectivity index (χ1n) is 20.2. The number of anilines is 3. The van der Waals surface area contributed by atoms with E-state index in [1.807, 2.05) is 0 Å². The van der Waals surface area contributed by atoms with Crippen molar-refractivity contribution < 1.29 is 0 Å². The van der Waals surface area contributed by atoms with E-state index in [2.05, 4.69) is 246 Å². The molecule has 0 aliphatic heterocycles. The summed E-state index contributed by atoms with van der Waals surface area (Å²) in [5.41, 5.74) is 22.6. The molecule has 0 fully saturated rings. The second kappa shape index (κ2) is 15.0. The number of hydrogen-bond donors (Lipinski definition) is 1. The lowest BCUT2D eigenvalue weighted by Crippen LogP contribution is -2.15. The molecule has 4 nitrogen and oxygen atoms in total. The summed E-state index contributed by atoms with van der Waals surface area (Å²) >= 11 is 0. The van der Waals surface area contributed by atoms with Crippen LogP contribution >= 0.6 is 0 Å². The van der Waals surface area contributed by atoms with E-state index in [9.17, 15) is 0 Å². The Morgan fingerprint density at radius 3 is 1.54 bits per heavy atom. The Bertz CT molecular complexity index is 3170. The van der Waals surface area contributed by atoms with E-state index in [4.69, 9.17) is 0 Å². The highest BCUT2D eigenvalue weighted by Gasteiger charge is 2.19. The van der Waals surface area contributed by atoms with Crippen LogP contribution in [0.4, 0.5) is 17.1 Å². The van der Waals surface area contributed by atoms with Gasteiger partial charge in [-0.25, -0.2) is 0 Å². The summed E-state index contributed by atoms with van der Waals surface area (Å²) in [4.78, 5) is 2.26. The maximum absolute atomic E-state index is 3.71. The largest absolute Gasteiger partial charge is 0.355 e. The molecule has 7 aromatic carbocycles. The molecular weight excluding hydrogens is 717 g/mol. The Labute approximate surface area is 344 Å². The van der Waals surface area contributed by atoms with E-state index < -0.39 is 0 Å². The number of nitrogens with one attached hydrogen (secondary N) is 1. The first-order chi connectivity index (χ1) is 29.1. The summed E-state index contributed by atoms with van der Waals surface area (Å²) in [6, 6.07) is 60.5. The van der Waals surface area contributed by atoms with Crippen LogP contribution in [0.15, 0.2) is 217 Å². The number of allylic oxidation sites excluding steroid dienone is 6. The van der Waals surface area contributed by atoms with Gasteiger partial charge in [0.2, 0.25) is 0 Å². The van der Waals surface area contributed by atoms with Crippen molar-refractivity contribution in [3.8, 4) is 5.69 Å². The summed E-state index contributed by atoms with van der Waals surface area (Å²) in [7, 11) is 0. The summed E-state index contributed by atoms with van der Waals surface area (Å²) in [5.74, 6) is 0. The zero-order valence-corrected chi connectivity index (χ0v) is 33.3. The van der Waals surface area contributed by atoms with Gasteiger partial charge >= 0.3 is 0 Å². The van der Waals surface area contributed by atoms with E-state index in [1.54, 1.807) is 0 Å². The van der Waals surface area contributed by atoms with Gasteiger partial charge in [-0.2, -0.15) is 0 Å². The second-order valence-corrected chi connectivity index (χ2v) is 15.0. The average Bonchev–Trinajstić information content (AvgIpc) is 3.81. The van der Waals surface area contributed by atoms with Crippen molar-refractivity contribution in [3.63, 3.8) is 0 Å². The van der Waals surface area contributed by atoms with Crippen LogP contribution in [0, 0.1) is 6.92 Å². The van der Waals surface area contributed by atoms with Crippen molar-refractivity contribution in [2.24, 2.45) is 0 Å². The predicted molar refractivity (Wildman–Crippen MR) is 250 cm³/mol. The van der Waals surface area contributed by atoms with Crippen molar-refractivity contribution in [1.29, 1.82) is 0 Å². The van der Waals surface area contributed by atoms with Crippen LogP contribution in [0.3, 0.4) is 0 Å². The summed E-state index contributed by atoms with van der Waals surface area (Å²) in [6.45, 7) is 6.40. The van der Waals surface area contributed by atoms with Crippen LogP contribution in [0.2, 0.25) is 0 Å². The quantitative estimate of drug-likeness (QED) is 0.117. The standard InChI is InChI=1S/C55H42N4/c1-4-15-51(39(3)46-17-6-5-16-38(46)2)56-40-26-28-41(29-27-40)57(42-30-34-44(35-31-42)58-52-22-11-7-18-47(52)48-19-8-12-23-53(48)58)43-32-36-45(37-33-43)59-54-24-13-9-20-49(54)50-21-10-14-25-55(50)59/h4-32,34-36,56H,1-3H3/b15-4-,51-39-. The molecule has 59 heavy (non-hydrogen) atoms. The first kappa shape index (κ1) is 35.7. The monoisotopic (exact) mass is 758 g/mol. The number of aryl methyl sites for hydroxylation is 1. The minimum Gasteiger partial charge on any atom is -0.355 e. The number of benzene rings is 7. The van der Waals surface area contributed by atoms with Gasteiger partial charge in [0.1, 0.15) is 0 Å². The highest BCUT2D eigenvalue weighted by molar-refractivity contribution is 6.11. The number of para-hydroxylation sites is 4. The second-order valence-electron chi connectivity index (χ2n) is 15.0. The fourth-order valence-corrected chi connectivity index (χ4v) is 8.61. The van der Waals surface area contributed by atoms with Crippen molar-refractivity contribution in [1.82, 2.24) is 9.13 Å². The van der Waals surface area contributed by atoms with Crippen molar-refractivity contribution in [3.05, 3.63) is 228 Å². The molecule has 282 valence electrons. The van der Waals surface area contributed by atoms with Crippen LogP contribution in [-0.2, 0) is 0 Å². The molecule has 0 amide bonds. The lowest BCUT2D eigenvalue weighted by Gasteiger charge is -2.26. The molecule has 2 aromatic heterocycles. The summed E-state index contributed by atoms with van der Waals surface area (Å²) in [5, 5.41) is 8.65. The van der Waals surface area contributed by atoms with Gasteiger partial charge in [-0.05, 0) is 140 Å². The molecule has 1 aliphatic rings. The van der Waals surface area contributed by atoms with E-state index in [-0.39, 0.29) is 0 Å². The molecule has 10 rings (SSSR count). The van der Waals surface area contributed by atoms with Gasteiger partial charge in [0.15, 0.2) is 0 Å². The molecule has 0 saturated heterocycles. The molecule has 0 bridgehead atoms. The fraction of sp³-hybridized carbons (Fsp3) is 0.0545. The number of aromatic nitrogens is 2. The normalized spacial score (nSPS) is 13.1. The summed E-state index contributed by atoms with van der Waals surface area (Å²) < 4.78 is 4.64. The van der Waals surface area contributed by atoms with Crippen molar-refractivity contribution >= 4 is 71.9 Å². The van der Waals surface area contributed by atoms with Gasteiger partial charge in [0.05, 0.1) is 33.5 Å². The van der Waals surface area contributed by atoms with Crippen LogP contribution in [0.1, 0.15) is 25.0 Å². The van der Waals surface area contributed by atoms with Gasteiger partial charge in [-0.1, -0.05) is 103 Å². The lowest BCUT2D eigenvalue weighted by atomic mass is 10.00. The van der Waals surface area contributed by atoms with Crippen molar-refractivity contribution in [2.75, 3.05) is 10.2 Å². The van der Waals surface area contributed by atoms with Gasteiger partial charge in [0, 0.05) is 50.0 Å². The third-order valence-corrected chi connectivity index (χ3v) is 11.4. The first-order valence-corrected chi connectivity index (χ1v) is 20.2. The molecule has 0 spiro atoms. The smallest absolute Gasteiger partial charge is 0.0975 e. The Balaban J connectivity index is 1.08. The van der Waals surface area contributed by atoms with E-state index >= 15 is 0 Å². The lowest BCUT2D eigenvalue weighted by molar-refractivity contribution is 1.16. The van der Waals surface area contributed by atoms with Crippen LogP contribution in [-0.4, -0.2) is 9.13 Å². The zero-order chi connectivity index (χ0) is 39.9. The van der Waals surface area contributed by atoms with E-state index in [1.165, 1.54) is 49.3 Å². The number of hydrogen-bond acceptors (Lipinski definition) is 2. The Hall–Kier alpha value is -7.74. The van der Waals surface area contributed by atoms with E-state index in [0.29, 0.717) is 0 Å². The molecule has 4 heteroatoms. The highest BCUT2D eigenvalue weighted by atomic mass is 15.1. The van der Waals surface area contributed by atoms with Crippen molar-refractivity contribution in [2.45, 2.75) is 20.8 Å². The van der Waals surface area contributed by atoms with Gasteiger partial charge in [-0.15, -0.1) is 0 Å². The van der Waals surface area contributed by atoms with Crippen LogP contribution in [0.25, 0.3) is 60.6 Å². The molecule has 0 atom stereocenters. The molecule has 0 unspecified atom stereocenters. The zero-order valence-electron chi connectivity index (χ0n) is 33.3. The van der Waals surface area contributed by atoms with Crippen LogP contribution < -0.4 is 10.2 Å². The third kappa shape index (κ3) is 6.30. The molecule has 1 aliphatic carbocycles. The fourth-order valence-electron chi connectivity index (χ4n) is 8.61. The number of nitrogens with zero attached hydrogens (tertiary/aromatic N) is 3. The average molecular weight is 759 g/mol.